The van der Waals surface area contributed by atoms with Gasteiger partial charge < -0.3 is 15.6 Å². The Kier molecular flexibility index (Phi) is 4.29. The van der Waals surface area contributed by atoms with Gasteiger partial charge in [0.25, 0.3) is 0 Å². The summed E-state index contributed by atoms with van der Waals surface area (Å²) in [7, 11) is 0. The lowest BCUT2D eigenvalue weighted by Gasteiger charge is -2.21. The fourth-order valence-corrected chi connectivity index (χ4v) is 2.72. The molecule has 120 valence electrons. The molecule has 2 aromatic rings. The van der Waals surface area contributed by atoms with Gasteiger partial charge in [-0.05, 0) is 42.7 Å². The smallest absolute Gasteiger partial charge is 0.122 e. The zero-order valence-corrected chi connectivity index (χ0v) is 13.1. The second kappa shape index (κ2) is 6.54. The molecule has 0 amide bonds. The summed E-state index contributed by atoms with van der Waals surface area (Å²) in [5, 5.41) is 36.2. The maximum absolute atomic E-state index is 9.99. The standard InChI is InChI=1S/C20H18N2O2/c21-17-10-9-13(11-14-5-1-3-7-18(14)23)16(20(17)22)12-15-6-2-4-8-19(15)24/h1-8,11-12,21-24H,9-10H2/b13-11-,16-12-,21-17?,22-20?. The molecular weight excluding hydrogens is 300 g/mol. The van der Waals surface area contributed by atoms with Crippen LogP contribution in [-0.4, -0.2) is 21.6 Å². The fourth-order valence-electron chi connectivity index (χ4n) is 2.72. The molecule has 1 aliphatic rings. The molecule has 0 heterocycles. The van der Waals surface area contributed by atoms with Crippen molar-refractivity contribution < 1.29 is 10.2 Å². The predicted octanol–water partition coefficient (Wildman–Crippen LogP) is 4.40. The van der Waals surface area contributed by atoms with Crippen LogP contribution in [0.2, 0.25) is 0 Å². The minimum Gasteiger partial charge on any atom is -0.507 e. The highest BCUT2D eigenvalue weighted by Gasteiger charge is 2.22. The van der Waals surface area contributed by atoms with E-state index in [2.05, 4.69) is 0 Å². The molecule has 4 N–H and O–H groups in total. The van der Waals surface area contributed by atoms with Crippen molar-refractivity contribution in [3.63, 3.8) is 0 Å². The van der Waals surface area contributed by atoms with Crippen LogP contribution in [0.4, 0.5) is 0 Å². The van der Waals surface area contributed by atoms with Gasteiger partial charge in [-0.1, -0.05) is 36.4 Å². The number of phenols is 2. The Bertz CT molecular complexity index is 879. The van der Waals surface area contributed by atoms with Crippen molar-refractivity contribution in [3.05, 3.63) is 70.8 Å². The SMILES string of the molecule is N=C1CCC(=C/c2ccccc2O)/C(=C/c2ccccc2O)C1=N. The lowest BCUT2D eigenvalue weighted by molar-refractivity contribution is 0.473. The highest BCUT2D eigenvalue weighted by Crippen LogP contribution is 2.32. The number of rotatable bonds is 2. The van der Waals surface area contributed by atoms with Crippen molar-refractivity contribution in [2.24, 2.45) is 0 Å². The molecule has 0 atom stereocenters. The molecule has 0 aliphatic heterocycles. The van der Waals surface area contributed by atoms with Crippen molar-refractivity contribution in [2.75, 3.05) is 0 Å². The average molecular weight is 318 g/mol. The van der Waals surface area contributed by atoms with Crippen LogP contribution < -0.4 is 0 Å². The summed E-state index contributed by atoms with van der Waals surface area (Å²) >= 11 is 0. The first-order valence-corrected chi connectivity index (χ1v) is 7.71. The molecule has 0 bridgehead atoms. The highest BCUT2D eigenvalue weighted by molar-refractivity contribution is 6.49. The molecule has 24 heavy (non-hydrogen) atoms. The molecule has 0 spiro atoms. The van der Waals surface area contributed by atoms with Gasteiger partial charge in [-0.15, -0.1) is 0 Å². The van der Waals surface area contributed by atoms with E-state index in [9.17, 15) is 10.2 Å². The van der Waals surface area contributed by atoms with Gasteiger partial charge in [0, 0.05) is 16.7 Å². The Labute approximate surface area is 140 Å². The molecule has 4 heteroatoms. The fraction of sp³-hybridized carbons (Fsp3) is 0.100. The Morgan fingerprint density at radius 1 is 0.750 bits per heavy atom. The number of allylic oxidation sites excluding steroid dienone is 2. The van der Waals surface area contributed by atoms with E-state index in [1.807, 2.05) is 24.3 Å². The minimum absolute atomic E-state index is 0.136. The van der Waals surface area contributed by atoms with Crippen molar-refractivity contribution in [2.45, 2.75) is 12.8 Å². The third-order valence-electron chi connectivity index (χ3n) is 4.06. The summed E-state index contributed by atoms with van der Waals surface area (Å²) in [6.07, 6.45) is 4.70. The van der Waals surface area contributed by atoms with Crippen LogP contribution >= 0.6 is 0 Å². The van der Waals surface area contributed by atoms with Crippen LogP contribution in [0.1, 0.15) is 24.0 Å². The largest absolute Gasteiger partial charge is 0.507 e. The maximum Gasteiger partial charge on any atom is 0.122 e. The Hall–Kier alpha value is -3.14. The van der Waals surface area contributed by atoms with E-state index in [0.29, 0.717) is 29.5 Å². The van der Waals surface area contributed by atoms with E-state index in [1.54, 1.807) is 36.4 Å². The summed E-state index contributed by atoms with van der Waals surface area (Å²) < 4.78 is 0. The van der Waals surface area contributed by atoms with E-state index >= 15 is 0 Å². The van der Waals surface area contributed by atoms with E-state index in [-0.39, 0.29) is 22.9 Å². The monoisotopic (exact) mass is 318 g/mol. The van der Waals surface area contributed by atoms with Crippen LogP contribution in [0.25, 0.3) is 12.2 Å². The number of aromatic hydroxyl groups is 2. The molecule has 1 fully saturated rings. The minimum atomic E-state index is 0.136. The Morgan fingerprint density at radius 3 is 1.88 bits per heavy atom. The third kappa shape index (κ3) is 3.13. The molecule has 1 aliphatic carbocycles. The second-order valence-electron chi connectivity index (χ2n) is 5.70. The third-order valence-corrected chi connectivity index (χ3v) is 4.06. The molecule has 0 aromatic heterocycles. The number of nitrogens with one attached hydrogen (secondary N) is 2. The van der Waals surface area contributed by atoms with Crippen molar-refractivity contribution in [1.82, 2.24) is 0 Å². The quantitative estimate of drug-likeness (QED) is 0.661. The molecule has 1 saturated carbocycles. The van der Waals surface area contributed by atoms with Gasteiger partial charge in [0.1, 0.15) is 11.5 Å². The topological polar surface area (TPSA) is 88.2 Å². The molecule has 0 unspecified atom stereocenters. The molecule has 3 rings (SSSR count). The Morgan fingerprint density at radius 2 is 1.29 bits per heavy atom. The van der Waals surface area contributed by atoms with Gasteiger partial charge in [-0.3, -0.25) is 5.41 Å². The van der Waals surface area contributed by atoms with E-state index in [4.69, 9.17) is 10.8 Å². The van der Waals surface area contributed by atoms with Crippen molar-refractivity contribution in [1.29, 1.82) is 10.8 Å². The second-order valence-corrected chi connectivity index (χ2v) is 5.70. The zero-order chi connectivity index (χ0) is 17.1. The number of phenolic OH excluding ortho intramolecular Hbond substituents is 2. The predicted molar refractivity (Wildman–Crippen MR) is 96.9 cm³/mol. The number of para-hydroxylation sites is 2. The van der Waals surface area contributed by atoms with Gasteiger partial charge in [-0.2, -0.15) is 0 Å². The lowest BCUT2D eigenvalue weighted by atomic mass is 9.84. The van der Waals surface area contributed by atoms with Gasteiger partial charge in [0.15, 0.2) is 0 Å². The molecule has 2 aromatic carbocycles. The summed E-state index contributed by atoms with van der Waals surface area (Å²) in [4.78, 5) is 0. The zero-order valence-electron chi connectivity index (χ0n) is 13.1. The number of hydrogen-bond donors (Lipinski definition) is 4. The molecule has 0 saturated heterocycles. The van der Waals surface area contributed by atoms with Gasteiger partial charge in [0.05, 0.1) is 11.4 Å². The average Bonchev–Trinajstić information content (AvgIpc) is 2.58. The van der Waals surface area contributed by atoms with Gasteiger partial charge in [0.2, 0.25) is 0 Å². The van der Waals surface area contributed by atoms with Crippen molar-refractivity contribution in [3.8, 4) is 11.5 Å². The van der Waals surface area contributed by atoms with E-state index in [1.165, 1.54) is 0 Å². The van der Waals surface area contributed by atoms with Crippen LogP contribution in [-0.2, 0) is 0 Å². The summed E-state index contributed by atoms with van der Waals surface area (Å²) in [6, 6.07) is 13.9. The Balaban J connectivity index is 2.10. The molecule has 0 radical (unpaired) electrons. The van der Waals surface area contributed by atoms with Gasteiger partial charge in [-0.25, -0.2) is 0 Å². The van der Waals surface area contributed by atoms with E-state index in [0.717, 1.165) is 5.57 Å². The van der Waals surface area contributed by atoms with Gasteiger partial charge >= 0.3 is 0 Å². The normalized spacial score (nSPS) is 18.3. The van der Waals surface area contributed by atoms with Crippen LogP contribution in [0.3, 0.4) is 0 Å². The van der Waals surface area contributed by atoms with Crippen LogP contribution in [0.5, 0.6) is 11.5 Å². The highest BCUT2D eigenvalue weighted by atomic mass is 16.3. The summed E-state index contributed by atoms with van der Waals surface area (Å²) in [6.45, 7) is 0. The first kappa shape index (κ1) is 15.7. The van der Waals surface area contributed by atoms with Crippen molar-refractivity contribution >= 4 is 23.6 Å². The number of benzene rings is 2. The van der Waals surface area contributed by atoms with E-state index < -0.39 is 0 Å². The first-order chi connectivity index (χ1) is 11.6. The summed E-state index contributed by atoms with van der Waals surface area (Å²) in [5.74, 6) is 0.316. The summed E-state index contributed by atoms with van der Waals surface area (Å²) in [5.41, 5.74) is 3.21. The lowest BCUT2D eigenvalue weighted by Crippen LogP contribution is -2.21. The van der Waals surface area contributed by atoms with Crippen LogP contribution in [0.15, 0.2) is 59.7 Å². The first-order valence-electron chi connectivity index (χ1n) is 7.71. The number of hydrogen-bond acceptors (Lipinski definition) is 4. The molecular formula is C20H18N2O2. The van der Waals surface area contributed by atoms with Crippen LogP contribution in [0, 0.1) is 10.8 Å². The molecule has 4 nitrogen and oxygen atoms in total. The maximum atomic E-state index is 9.99.